The zero-order chi connectivity index (χ0) is 13.0. The summed E-state index contributed by atoms with van der Waals surface area (Å²) in [5.41, 5.74) is 7.56. The first kappa shape index (κ1) is 13.2. The first-order chi connectivity index (χ1) is 8.70. The molecule has 1 heterocycles. The number of hydrogen-bond acceptors (Lipinski definition) is 4. The molecule has 0 aromatic heterocycles. The van der Waals surface area contributed by atoms with E-state index in [4.69, 9.17) is 10.9 Å². The van der Waals surface area contributed by atoms with Gasteiger partial charge in [0.15, 0.2) is 5.84 Å². The summed E-state index contributed by atoms with van der Waals surface area (Å²) in [5.74, 6) is 2.64. The smallest absolute Gasteiger partial charge is 0.170 e. The van der Waals surface area contributed by atoms with Gasteiger partial charge in [-0.3, -0.25) is 4.90 Å². The molecule has 98 valence electrons. The number of nitrogens with two attached hydrogens (primary N) is 1. The Morgan fingerprint density at radius 3 is 3.11 bits per heavy atom. The molecule has 1 aliphatic rings. The van der Waals surface area contributed by atoms with Crippen molar-refractivity contribution < 1.29 is 5.21 Å². The van der Waals surface area contributed by atoms with E-state index in [0.717, 1.165) is 12.1 Å². The molecule has 1 saturated heterocycles. The normalized spacial score (nSPS) is 20.6. The molecule has 0 saturated carbocycles. The lowest BCUT2D eigenvalue weighted by Gasteiger charge is -2.23. The monoisotopic (exact) mass is 265 g/mol. The molecule has 1 aromatic carbocycles. The largest absolute Gasteiger partial charge is 0.409 e. The van der Waals surface area contributed by atoms with Crippen molar-refractivity contribution in [1.82, 2.24) is 4.90 Å². The molecule has 18 heavy (non-hydrogen) atoms. The zero-order valence-electron chi connectivity index (χ0n) is 10.5. The summed E-state index contributed by atoms with van der Waals surface area (Å²) in [6.07, 6.45) is 1.26. The highest BCUT2D eigenvalue weighted by Crippen LogP contribution is 2.22. The number of amidine groups is 1. The molecule has 5 heteroatoms. The zero-order valence-corrected chi connectivity index (χ0v) is 11.4. The number of thioether (sulfide) groups is 1. The topological polar surface area (TPSA) is 61.8 Å². The second-order valence-electron chi connectivity index (χ2n) is 4.62. The van der Waals surface area contributed by atoms with E-state index in [1.54, 1.807) is 0 Å². The standard InChI is InChI=1S/C13H19N3OS/c1-16(12-5-6-18-9-12)8-10-3-2-4-11(7-10)13(14)15-17/h2-4,7,12,17H,5-6,8-9H2,1H3,(H2,14,15). The van der Waals surface area contributed by atoms with Crippen LogP contribution in [0.25, 0.3) is 0 Å². The Morgan fingerprint density at radius 1 is 1.61 bits per heavy atom. The number of oxime groups is 1. The van der Waals surface area contributed by atoms with E-state index < -0.39 is 0 Å². The van der Waals surface area contributed by atoms with Gasteiger partial charge < -0.3 is 10.9 Å². The molecule has 0 spiro atoms. The van der Waals surface area contributed by atoms with Gasteiger partial charge in [-0.05, 0) is 30.9 Å². The van der Waals surface area contributed by atoms with E-state index in [0.29, 0.717) is 6.04 Å². The Balaban J connectivity index is 2.04. The molecule has 1 atom stereocenters. The van der Waals surface area contributed by atoms with Gasteiger partial charge in [0.2, 0.25) is 0 Å². The third-order valence-electron chi connectivity index (χ3n) is 3.29. The van der Waals surface area contributed by atoms with E-state index >= 15 is 0 Å². The summed E-state index contributed by atoms with van der Waals surface area (Å²) in [6, 6.07) is 8.52. The average Bonchev–Trinajstić information content (AvgIpc) is 2.92. The van der Waals surface area contributed by atoms with Crippen molar-refractivity contribution in [1.29, 1.82) is 0 Å². The SMILES string of the molecule is CN(Cc1cccc(/C(N)=N/O)c1)C1CCSC1. The summed E-state index contributed by atoms with van der Waals surface area (Å²) >= 11 is 2.02. The molecular formula is C13H19N3OS. The molecule has 1 aliphatic heterocycles. The average molecular weight is 265 g/mol. The first-order valence-electron chi connectivity index (χ1n) is 6.05. The highest BCUT2D eigenvalue weighted by Gasteiger charge is 2.19. The predicted molar refractivity (Wildman–Crippen MR) is 76.1 cm³/mol. The molecule has 1 aromatic rings. The maximum Gasteiger partial charge on any atom is 0.170 e. The van der Waals surface area contributed by atoms with Crippen LogP contribution < -0.4 is 5.73 Å². The number of nitrogens with zero attached hydrogens (tertiary/aromatic N) is 2. The highest BCUT2D eigenvalue weighted by molar-refractivity contribution is 7.99. The summed E-state index contributed by atoms with van der Waals surface area (Å²) in [7, 11) is 2.16. The fourth-order valence-corrected chi connectivity index (χ4v) is 3.47. The van der Waals surface area contributed by atoms with Gasteiger partial charge in [0.05, 0.1) is 0 Å². The summed E-state index contributed by atoms with van der Waals surface area (Å²) in [4.78, 5) is 2.38. The molecule has 2 rings (SSSR count). The Bertz CT molecular complexity index is 430. The molecule has 1 unspecified atom stereocenters. The van der Waals surface area contributed by atoms with Crippen LogP contribution in [0.2, 0.25) is 0 Å². The molecule has 0 bridgehead atoms. The lowest BCUT2D eigenvalue weighted by Crippen LogP contribution is -2.30. The molecule has 0 radical (unpaired) electrons. The van der Waals surface area contributed by atoms with E-state index in [-0.39, 0.29) is 5.84 Å². The van der Waals surface area contributed by atoms with Gasteiger partial charge in [-0.1, -0.05) is 23.4 Å². The quantitative estimate of drug-likeness (QED) is 0.376. The van der Waals surface area contributed by atoms with Crippen LogP contribution in [0.1, 0.15) is 17.5 Å². The van der Waals surface area contributed by atoms with Crippen LogP contribution in [0.3, 0.4) is 0 Å². The second-order valence-corrected chi connectivity index (χ2v) is 5.77. The van der Waals surface area contributed by atoms with Crippen molar-refractivity contribution in [3.63, 3.8) is 0 Å². The van der Waals surface area contributed by atoms with Crippen molar-refractivity contribution in [3.05, 3.63) is 35.4 Å². The summed E-state index contributed by atoms with van der Waals surface area (Å²) in [5, 5.41) is 11.7. The maximum atomic E-state index is 8.68. The summed E-state index contributed by atoms with van der Waals surface area (Å²) < 4.78 is 0. The summed E-state index contributed by atoms with van der Waals surface area (Å²) in [6.45, 7) is 0.901. The highest BCUT2D eigenvalue weighted by atomic mass is 32.2. The van der Waals surface area contributed by atoms with E-state index in [2.05, 4.69) is 23.2 Å². The van der Waals surface area contributed by atoms with Crippen LogP contribution in [0.15, 0.2) is 29.4 Å². The molecule has 3 N–H and O–H groups in total. The molecule has 0 aliphatic carbocycles. The fourth-order valence-electron chi connectivity index (χ4n) is 2.17. The predicted octanol–water partition coefficient (Wildman–Crippen LogP) is 1.72. The molecule has 4 nitrogen and oxygen atoms in total. The van der Waals surface area contributed by atoms with Crippen molar-refractivity contribution in [2.75, 3.05) is 18.6 Å². The van der Waals surface area contributed by atoms with Crippen LogP contribution >= 0.6 is 11.8 Å². The third-order valence-corrected chi connectivity index (χ3v) is 4.44. The second kappa shape index (κ2) is 6.11. The van der Waals surface area contributed by atoms with Gasteiger partial charge in [-0.15, -0.1) is 0 Å². The third kappa shape index (κ3) is 3.17. The fraction of sp³-hybridized carbons (Fsp3) is 0.462. The van der Waals surface area contributed by atoms with Gasteiger partial charge >= 0.3 is 0 Å². The van der Waals surface area contributed by atoms with Crippen LogP contribution in [0, 0.1) is 0 Å². The van der Waals surface area contributed by atoms with Gasteiger partial charge in [-0.25, -0.2) is 0 Å². The Hall–Kier alpha value is -1.20. The van der Waals surface area contributed by atoms with Gasteiger partial charge in [0.25, 0.3) is 0 Å². The molecular weight excluding hydrogens is 246 g/mol. The van der Waals surface area contributed by atoms with Crippen LogP contribution in [0.4, 0.5) is 0 Å². The Morgan fingerprint density at radius 2 is 2.44 bits per heavy atom. The van der Waals surface area contributed by atoms with Crippen LogP contribution in [-0.2, 0) is 6.54 Å². The van der Waals surface area contributed by atoms with Gasteiger partial charge in [0.1, 0.15) is 0 Å². The van der Waals surface area contributed by atoms with Crippen molar-refractivity contribution in [2.45, 2.75) is 19.0 Å². The van der Waals surface area contributed by atoms with Gasteiger partial charge in [-0.2, -0.15) is 11.8 Å². The molecule has 1 fully saturated rings. The minimum absolute atomic E-state index is 0.163. The number of benzene rings is 1. The van der Waals surface area contributed by atoms with Gasteiger partial charge in [0, 0.05) is 23.9 Å². The Labute approximate surface area is 112 Å². The lowest BCUT2D eigenvalue weighted by atomic mass is 10.1. The van der Waals surface area contributed by atoms with Crippen LogP contribution in [0.5, 0.6) is 0 Å². The van der Waals surface area contributed by atoms with Crippen molar-refractivity contribution >= 4 is 17.6 Å². The van der Waals surface area contributed by atoms with E-state index in [1.807, 2.05) is 30.0 Å². The number of rotatable bonds is 4. The van der Waals surface area contributed by atoms with Crippen molar-refractivity contribution in [2.24, 2.45) is 10.9 Å². The minimum Gasteiger partial charge on any atom is -0.409 e. The number of hydrogen-bond donors (Lipinski definition) is 2. The molecule has 0 amide bonds. The van der Waals surface area contributed by atoms with Crippen LogP contribution in [-0.4, -0.2) is 40.5 Å². The van der Waals surface area contributed by atoms with Crippen molar-refractivity contribution in [3.8, 4) is 0 Å². The van der Waals surface area contributed by atoms with E-state index in [9.17, 15) is 0 Å². The van der Waals surface area contributed by atoms with E-state index in [1.165, 1.54) is 23.5 Å². The first-order valence-corrected chi connectivity index (χ1v) is 7.21. The lowest BCUT2D eigenvalue weighted by molar-refractivity contribution is 0.254. The minimum atomic E-state index is 0.163. The Kier molecular flexibility index (Phi) is 4.49. The maximum absolute atomic E-state index is 8.68.